The van der Waals surface area contributed by atoms with Gasteiger partial charge >= 0.3 is 0 Å². The van der Waals surface area contributed by atoms with Crippen LogP contribution in [0.15, 0.2) is 12.1 Å². The summed E-state index contributed by atoms with van der Waals surface area (Å²) in [6, 6.07) is 3.57. The highest BCUT2D eigenvalue weighted by atomic mass is 16.5. The summed E-state index contributed by atoms with van der Waals surface area (Å²) in [7, 11) is 3.18. The van der Waals surface area contributed by atoms with Crippen molar-refractivity contribution in [3.8, 4) is 11.5 Å². The number of nitrogens with one attached hydrogen (secondary N) is 1. The third kappa shape index (κ3) is 3.04. The minimum atomic E-state index is -0.200. The number of aliphatic hydroxyl groups is 1. The molecule has 1 aliphatic rings. The van der Waals surface area contributed by atoms with Crippen molar-refractivity contribution in [2.45, 2.75) is 25.4 Å². The summed E-state index contributed by atoms with van der Waals surface area (Å²) in [6.07, 6.45) is 2.85. The van der Waals surface area contributed by atoms with E-state index in [1.54, 1.807) is 20.3 Å². The van der Waals surface area contributed by atoms with E-state index in [0.717, 1.165) is 31.5 Å². The summed E-state index contributed by atoms with van der Waals surface area (Å²) >= 11 is 0. The Bertz CT molecular complexity index is 437. The molecule has 5 heteroatoms. The van der Waals surface area contributed by atoms with Crippen molar-refractivity contribution in [2.75, 3.05) is 31.8 Å². The summed E-state index contributed by atoms with van der Waals surface area (Å²) in [6.45, 7) is 0.723. The van der Waals surface area contributed by atoms with E-state index in [4.69, 9.17) is 15.2 Å². The van der Waals surface area contributed by atoms with Crippen molar-refractivity contribution in [3.05, 3.63) is 12.1 Å². The van der Waals surface area contributed by atoms with Gasteiger partial charge in [0, 0.05) is 24.6 Å². The molecular formula is C14H22N2O3. The van der Waals surface area contributed by atoms with Crippen molar-refractivity contribution in [1.29, 1.82) is 0 Å². The highest BCUT2D eigenvalue weighted by molar-refractivity contribution is 5.72. The number of nitrogens with two attached hydrogens (primary N) is 1. The third-order valence-electron chi connectivity index (χ3n) is 3.73. The Hall–Kier alpha value is -1.62. The third-order valence-corrected chi connectivity index (χ3v) is 3.73. The van der Waals surface area contributed by atoms with Crippen LogP contribution in [0.2, 0.25) is 0 Å². The normalized spacial score (nSPS) is 22.3. The quantitative estimate of drug-likeness (QED) is 0.709. The zero-order chi connectivity index (χ0) is 13.8. The van der Waals surface area contributed by atoms with Gasteiger partial charge in [-0.1, -0.05) is 6.42 Å². The van der Waals surface area contributed by atoms with E-state index in [1.165, 1.54) is 0 Å². The van der Waals surface area contributed by atoms with Crippen molar-refractivity contribution < 1.29 is 14.6 Å². The van der Waals surface area contributed by atoms with Gasteiger partial charge in [-0.05, 0) is 12.8 Å². The number of nitrogen functional groups attached to an aromatic ring is 1. The Morgan fingerprint density at radius 2 is 1.95 bits per heavy atom. The average Bonchev–Trinajstić information content (AvgIpc) is 2.82. The van der Waals surface area contributed by atoms with Crippen LogP contribution in [0.1, 0.15) is 19.3 Å². The lowest BCUT2D eigenvalue weighted by molar-refractivity contribution is 0.138. The molecule has 19 heavy (non-hydrogen) atoms. The molecular weight excluding hydrogens is 244 g/mol. The molecule has 1 aromatic rings. The maximum absolute atomic E-state index is 9.80. The predicted molar refractivity (Wildman–Crippen MR) is 75.8 cm³/mol. The first-order chi connectivity index (χ1) is 9.15. The molecule has 1 aromatic carbocycles. The highest BCUT2D eigenvalue weighted by Gasteiger charge is 2.25. The first kappa shape index (κ1) is 13.8. The van der Waals surface area contributed by atoms with E-state index in [1.807, 2.05) is 6.07 Å². The standard InChI is InChI=1S/C14H22N2O3/c1-18-13-6-10(15)11(7-14(13)19-2)16-8-9-4-3-5-12(9)17/h6-7,9,12,16-17H,3-5,8,15H2,1-2H3. The van der Waals surface area contributed by atoms with Gasteiger partial charge < -0.3 is 25.6 Å². The molecule has 1 saturated carbocycles. The number of hydrogen-bond donors (Lipinski definition) is 3. The molecule has 0 heterocycles. The lowest BCUT2D eigenvalue weighted by atomic mass is 10.1. The molecule has 1 fully saturated rings. The number of benzene rings is 1. The second-order valence-electron chi connectivity index (χ2n) is 4.93. The van der Waals surface area contributed by atoms with Crippen LogP contribution in [-0.4, -0.2) is 32.0 Å². The number of methoxy groups -OCH3 is 2. The SMILES string of the molecule is COc1cc(N)c(NCC2CCCC2O)cc1OC. The van der Waals surface area contributed by atoms with Crippen LogP contribution in [-0.2, 0) is 0 Å². The van der Waals surface area contributed by atoms with Crippen LogP contribution in [0.4, 0.5) is 11.4 Å². The van der Waals surface area contributed by atoms with Gasteiger partial charge in [0.2, 0.25) is 0 Å². The number of aliphatic hydroxyl groups excluding tert-OH is 1. The van der Waals surface area contributed by atoms with Crippen LogP contribution in [0.25, 0.3) is 0 Å². The van der Waals surface area contributed by atoms with E-state index in [-0.39, 0.29) is 6.10 Å². The number of anilines is 2. The minimum Gasteiger partial charge on any atom is -0.493 e. The summed E-state index contributed by atoms with van der Waals surface area (Å²) in [5.74, 6) is 1.56. The Kier molecular flexibility index (Phi) is 4.37. The Morgan fingerprint density at radius 1 is 1.26 bits per heavy atom. The molecule has 0 aromatic heterocycles. The largest absolute Gasteiger partial charge is 0.493 e. The molecule has 5 nitrogen and oxygen atoms in total. The van der Waals surface area contributed by atoms with Gasteiger partial charge in [0.15, 0.2) is 11.5 Å². The maximum Gasteiger partial charge on any atom is 0.162 e. The molecule has 0 bridgehead atoms. The van der Waals surface area contributed by atoms with E-state index in [0.29, 0.717) is 23.1 Å². The molecule has 106 valence electrons. The number of rotatable bonds is 5. The number of hydrogen-bond acceptors (Lipinski definition) is 5. The first-order valence-electron chi connectivity index (χ1n) is 6.59. The summed E-state index contributed by atoms with van der Waals surface area (Å²) in [4.78, 5) is 0. The molecule has 0 radical (unpaired) electrons. The van der Waals surface area contributed by atoms with E-state index < -0.39 is 0 Å². The minimum absolute atomic E-state index is 0.200. The number of ether oxygens (including phenoxy) is 2. The lowest BCUT2D eigenvalue weighted by Crippen LogP contribution is -2.22. The first-order valence-corrected chi connectivity index (χ1v) is 6.59. The average molecular weight is 266 g/mol. The van der Waals surface area contributed by atoms with Gasteiger partial charge in [-0.2, -0.15) is 0 Å². The molecule has 1 aliphatic carbocycles. The zero-order valence-corrected chi connectivity index (χ0v) is 11.5. The van der Waals surface area contributed by atoms with Crippen LogP contribution < -0.4 is 20.5 Å². The summed E-state index contributed by atoms with van der Waals surface area (Å²) in [5, 5.41) is 13.1. The maximum atomic E-state index is 9.80. The van der Waals surface area contributed by atoms with Gasteiger partial charge in [-0.25, -0.2) is 0 Å². The summed E-state index contributed by atoms with van der Waals surface area (Å²) in [5.41, 5.74) is 7.41. The predicted octanol–water partition coefficient (Wildman–Crippen LogP) is 1.86. The lowest BCUT2D eigenvalue weighted by Gasteiger charge is -2.18. The fourth-order valence-corrected chi connectivity index (χ4v) is 2.54. The fraction of sp³-hybridized carbons (Fsp3) is 0.571. The van der Waals surface area contributed by atoms with Gasteiger partial charge in [-0.15, -0.1) is 0 Å². The molecule has 0 spiro atoms. The Labute approximate surface area is 113 Å². The second-order valence-corrected chi connectivity index (χ2v) is 4.93. The van der Waals surface area contributed by atoms with Crippen molar-refractivity contribution in [2.24, 2.45) is 5.92 Å². The highest BCUT2D eigenvalue weighted by Crippen LogP contribution is 2.35. The molecule has 0 amide bonds. The Balaban J connectivity index is 2.07. The van der Waals surface area contributed by atoms with Crippen LogP contribution in [0, 0.1) is 5.92 Å². The zero-order valence-electron chi connectivity index (χ0n) is 11.5. The van der Waals surface area contributed by atoms with Gasteiger partial charge in [0.1, 0.15) is 0 Å². The van der Waals surface area contributed by atoms with Crippen molar-refractivity contribution >= 4 is 11.4 Å². The molecule has 0 saturated heterocycles. The van der Waals surface area contributed by atoms with Gasteiger partial charge in [-0.3, -0.25) is 0 Å². The molecule has 2 atom stereocenters. The molecule has 2 unspecified atom stereocenters. The van der Waals surface area contributed by atoms with E-state index in [9.17, 15) is 5.11 Å². The molecule has 0 aliphatic heterocycles. The second kappa shape index (κ2) is 6.02. The Morgan fingerprint density at radius 3 is 2.53 bits per heavy atom. The van der Waals surface area contributed by atoms with E-state index in [2.05, 4.69) is 5.32 Å². The fourth-order valence-electron chi connectivity index (χ4n) is 2.54. The van der Waals surface area contributed by atoms with Crippen LogP contribution in [0.3, 0.4) is 0 Å². The molecule has 4 N–H and O–H groups in total. The van der Waals surface area contributed by atoms with Gasteiger partial charge in [0.05, 0.1) is 31.7 Å². The van der Waals surface area contributed by atoms with Crippen molar-refractivity contribution in [3.63, 3.8) is 0 Å². The topological polar surface area (TPSA) is 76.7 Å². The smallest absolute Gasteiger partial charge is 0.162 e. The molecule has 2 rings (SSSR count). The summed E-state index contributed by atoms with van der Waals surface area (Å²) < 4.78 is 10.4. The van der Waals surface area contributed by atoms with E-state index >= 15 is 0 Å². The monoisotopic (exact) mass is 266 g/mol. The van der Waals surface area contributed by atoms with Gasteiger partial charge in [0.25, 0.3) is 0 Å². The van der Waals surface area contributed by atoms with Crippen molar-refractivity contribution in [1.82, 2.24) is 0 Å². The van der Waals surface area contributed by atoms with Crippen LogP contribution >= 0.6 is 0 Å². The van der Waals surface area contributed by atoms with Crippen LogP contribution in [0.5, 0.6) is 11.5 Å².